The number of rotatable bonds is 4. The number of benzene rings is 1. The molecule has 5 heteroatoms. The van der Waals surface area contributed by atoms with E-state index in [4.69, 9.17) is 11.6 Å². The number of hydrogen-bond acceptors (Lipinski definition) is 2. The predicted octanol–water partition coefficient (Wildman–Crippen LogP) is 2.91. The van der Waals surface area contributed by atoms with Crippen molar-refractivity contribution < 1.29 is 4.79 Å². The molecule has 3 nitrogen and oxygen atoms in total. The molecule has 0 radical (unpaired) electrons. The van der Waals surface area contributed by atoms with E-state index in [1.807, 2.05) is 24.3 Å². The number of nitrogens with one attached hydrogen (secondary N) is 2. The highest BCUT2D eigenvalue weighted by Crippen LogP contribution is 2.48. The van der Waals surface area contributed by atoms with Gasteiger partial charge in [0.15, 0.2) is 0 Å². The maximum absolute atomic E-state index is 12.5. The van der Waals surface area contributed by atoms with E-state index in [0.717, 1.165) is 43.1 Å². The molecular weight excluding hydrogens is 307 g/mol. The Labute approximate surface area is 137 Å². The van der Waals surface area contributed by atoms with E-state index in [1.54, 1.807) is 0 Å². The lowest BCUT2D eigenvalue weighted by Gasteiger charge is -2.24. The van der Waals surface area contributed by atoms with Crippen molar-refractivity contribution in [1.82, 2.24) is 10.6 Å². The summed E-state index contributed by atoms with van der Waals surface area (Å²) in [5, 5.41) is 7.26. The lowest BCUT2D eigenvalue weighted by Crippen LogP contribution is -2.41. The molecule has 2 fully saturated rings. The van der Waals surface area contributed by atoms with Gasteiger partial charge in [-0.05, 0) is 62.4 Å². The van der Waals surface area contributed by atoms with Crippen LogP contribution in [0.15, 0.2) is 24.3 Å². The van der Waals surface area contributed by atoms with Gasteiger partial charge in [0.2, 0.25) is 5.91 Å². The zero-order valence-electron chi connectivity index (χ0n) is 12.0. The van der Waals surface area contributed by atoms with E-state index in [1.165, 1.54) is 12.8 Å². The molecule has 1 saturated carbocycles. The van der Waals surface area contributed by atoms with Gasteiger partial charge in [-0.15, -0.1) is 12.4 Å². The van der Waals surface area contributed by atoms with Crippen LogP contribution >= 0.6 is 24.0 Å². The first kappa shape index (κ1) is 16.6. The van der Waals surface area contributed by atoms with Crippen LogP contribution in [0.25, 0.3) is 0 Å². The number of hydrogen-bond donors (Lipinski definition) is 2. The Hall–Kier alpha value is -0.770. The van der Waals surface area contributed by atoms with Crippen LogP contribution in [0.2, 0.25) is 5.02 Å². The van der Waals surface area contributed by atoms with Crippen LogP contribution in [-0.2, 0) is 10.2 Å². The van der Waals surface area contributed by atoms with Crippen molar-refractivity contribution in [2.24, 2.45) is 5.92 Å². The summed E-state index contributed by atoms with van der Waals surface area (Å²) in [7, 11) is 0. The molecule has 0 spiro atoms. The molecule has 1 aromatic rings. The lowest BCUT2D eigenvalue weighted by atomic mass is 9.94. The van der Waals surface area contributed by atoms with E-state index in [9.17, 15) is 4.79 Å². The van der Waals surface area contributed by atoms with Gasteiger partial charge in [0, 0.05) is 11.6 Å². The first-order valence-electron chi connectivity index (χ1n) is 7.46. The van der Waals surface area contributed by atoms with Gasteiger partial charge in [0.1, 0.15) is 0 Å². The molecule has 116 valence electrons. The van der Waals surface area contributed by atoms with Gasteiger partial charge in [-0.25, -0.2) is 0 Å². The number of carbonyl (C=O) groups excluding carboxylic acids is 1. The largest absolute Gasteiger partial charge is 0.355 e. The van der Waals surface area contributed by atoms with E-state index in [2.05, 4.69) is 10.6 Å². The molecular formula is C16H22Cl2N2O. The smallest absolute Gasteiger partial charge is 0.230 e. The van der Waals surface area contributed by atoms with Crippen molar-refractivity contribution >= 4 is 29.9 Å². The molecule has 1 atom stereocenters. The van der Waals surface area contributed by atoms with Gasteiger partial charge in [0.25, 0.3) is 0 Å². The van der Waals surface area contributed by atoms with Crippen molar-refractivity contribution in [2.75, 3.05) is 19.6 Å². The fourth-order valence-corrected chi connectivity index (χ4v) is 3.17. The standard InChI is InChI=1S/C16H21ClN2O.ClH/c17-14-5-3-13(4-6-14)16(7-8-16)15(20)19-11-12-2-1-9-18-10-12;/h3-6,12,18H,1-2,7-11H2,(H,19,20);1H. The number of amides is 1. The fraction of sp³-hybridized carbons (Fsp3) is 0.562. The van der Waals surface area contributed by atoms with Crippen molar-refractivity contribution in [3.63, 3.8) is 0 Å². The molecule has 2 aliphatic rings. The van der Waals surface area contributed by atoms with Crippen LogP contribution in [0.5, 0.6) is 0 Å². The fourth-order valence-electron chi connectivity index (χ4n) is 3.05. The molecule has 0 aromatic heterocycles. The van der Waals surface area contributed by atoms with Crippen LogP contribution in [0, 0.1) is 5.92 Å². The highest BCUT2D eigenvalue weighted by molar-refractivity contribution is 6.30. The second-order valence-electron chi connectivity index (χ2n) is 6.01. The van der Waals surface area contributed by atoms with Gasteiger partial charge in [-0.3, -0.25) is 4.79 Å². The molecule has 21 heavy (non-hydrogen) atoms. The maximum atomic E-state index is 12.5. The first-order chi connectivity index (χ1) is 9.71. The summed E-state index contributed by atoms with van der Waals surface area (Å²) in [4.78, 5) is 12.5. The molecule has 1 aliphatic carbocycles. The molecule has 0 bridgehead atoms. The summed E-state index contributed by atoms with van der Waals surface area (Å²) in [6, 6.07) is 7.71. The van der Waals surface area contributed by atoms with Crippen LogP contribution in [-0.4, -0.2) is 25.5 Å². The second-order valence-corrected chi connectivity index (χ2v) is 6.45. The van der Waals surface area contributed by atoms with E-state index in [0.29, 0.717) is 5.92 Å². The Morgan fingerprint density at radius 1 is 1.33 bits per heavy atom. The summed E-state index contributed by atoms with van der Waals surface area (Å²) in [6.45, 7) is 2.93. The Morgan fingerprint density at radius 2 is 2.05 bits per heavy atom. The summed E-state index contributed by atoms with van der Waals surface area (Å²) >= 11 is 5.92. The van der Waals surface area contributed by atoms with Gasteiger partial charge in [-0.1, -0.05) is 23.7 Å². The number of piperidine rings is 1. The summed E-state index contributed by atoms with van der Waals surface area (Å²) in [5.41, 5.74) is 0.813. The van der Waals surface area contributed by atoms with E-state index >= 15 is 0 Å². The van der Waals surface area contributed by atoms with Crippen molar-refractivity contribution in [2.45, 2.75) is 31.1 Å². The molecule has 1 saturated heterocycles. The monoisotopic (exact) mass is 328 g/mol. The topological polar surface area (TPSA) is 41.1 Å². The SMILES string of the molecule is Cl.O=C(NCC1CCCNC1)C1(c2ccc(Cl)cc2)CC1. The van der Waals surface area contributed by atoms with Gasteiger partial charge in [-0.2, -0.15) is 0 Å². The highest BCUT2D eigenvalue weighted by Gasteiger charge is 2.51. The zero-order chi connectivity index (χ0) is 14.0. The van der Waals surface area contributed by atoms with Gasteiger partial charge >= 0.3 is 0 Å². The van der Waals surface area contributed by atoms with Gasteiger partial charge < -0.3 is 10.6 Å². The van der Waals surface area contributed by atoms with E-state index < -0.39 is 0 Å². The Balaban J connectivity index is 0.00000161. The minimum atomic E-state index is -0.285. The quantitative estimate of drug-likeness (QED) is 0.892. The minimum Gasteiger partial charge on any atom is -0.355 e. The van der Waals surface area contributed by atoms with Crippen LogP contribution in [0.3, 0.4) is 0 Å². The third kappa shape index (κ3) is 3.71. The average Bonchev–Trinajstić information content (AvgIpc) is 3.28. The maximum Gasteiger partial charge on any atom is 0.230 e. The molecule has 1 aromatic carbocycles. The normalized spacial score (nSPS) is 23.0. The number of halogens is 2. The van der Waals surface area contributed by atoms with Crippen LogP contribution in [0.4, 0.5) is 0 Å². The molecule has 1 amide bonds. The minimum absolute atomic E-state index is 0. The van der Waals surface area contributed by atoms with Crippen molar-refractivity contribution in [3.8, 4) is 0 Å². The van der Waals surface area contributed by atoms with Gasteiger partial charge in [0.05, 0.1) is 5.41 Å². The van der Waals surface area contributed by atoms with Crippen LogP contribution < -0.4 is 10.6 Å². The highest BCUT2D eigenvalue weighted by atomic mass is 35.5. The Bertz CT molecular complexity index is 480. The summed E-state index contributed by atoms with van der Waals surface area (Å²) < 4.78 is 0. The van der Waals surface area contributed by atoms with Crippen molar-refractivity contribution in [1.29, 1.82) is 0 Å². The first-order valence-corrected chi connectivity index (χ1v) is 7.83. The molecule has 1 heterocycles. The molecule has 2 N–H and O–H groups in total. The average molecular weight is 329 g/mol. The molecule has 3 rings (SSSR count). The molecule has 1 unspecified atom stereocenters. The Kier molecular flexibility index (Phi) is 5.53. The number of carbonyl (C=O) groups is 1. The third-order valence-electron chi connectivity index (χ3n) is 4.53. The summed E-state index contributed by atoms with van der Waals surface area (Å²) in [5.74, 6) is 0.763. The predicted molar refractivity (Wildman–Crippen MR) is 88.2 cm³/mol. The third-order valence-corrected chi connectivity index (χ3v) is 4.78. The zero-order valence-corrected chi connectivity index (χ0v) is 13.6. The van der Waals surface area contributed by atoms with Crippen molar-refractivity contribution in [3.05, 3.63) is 34.9 Å². The second kappa shape index (κ2) is 6.99. The lowest BCUT2D eigenvalue weighted by molar-refractivity contribution is -0.123. The van der Waals surface area contributed by atoms with Crippen LogP contribution in [0.1, 0.15) is 31.2 Å². The summed E-state index contributed by atoms with van der Waals surface area (Å²) in [6.07, 6.45) is 4.32. The molecule has 1 aliphatic heterocycles. The van der Waals surface area contributed by atoms with E-state index in [-0.39, 0.29) is 23.7 Å². The Morgan fingerprint density at radius 3 is 2.62 bits per heavy atom.